The first-order valence-corrected chi connectivity index (χ1v) is 5.79. The van der Waals surface area contributed by atoms with Crippen LogP contribution in [0.2, 0.25) is 0 Å². The number of nitrogens with zero attached hydrogens (tertiary/aromatic N) is 1. The smallest absolute Gasteiger partial charge is 0.137 e. The quantitative estimate of drug-likeness (QED) is 0.844. The van der Waals surface area contributed by atoms with Crippen LogP contribution in [-0.2, 0) is 4.74 Å². The zero-order valence-electron chi connectivity index (χ0n) is 9.84. The number of hydrogen-bond acceptors (Lipinski definition) is 3. The van der Waals surface area contributed by atoms with Crippen LogP contribution in [0.25, 0.3) is 0 Å². The normalized spacial score (nSPS) is 26.5. The second-order valence-corrected chi connectivity index (χ2v) is 4.49. The van der Waals surface area contributed by atoms with Crippen LogP contribution in [0.3, 0.4) is 0 Å². The number of benzene rings is 1. The molecule has 0 spiro atoms. The molecular formula is C13H19NO2. The van der Waals surface area contributed by atoms with Gasteiger partial charge in [0.25, 0.3) is 0 Å². The molecular weight excluding hydrogens is 202 g/mol. The average Bonchev–Trinajstić information content (AvgIpc) is 2.74. The zero-order chi connectivity index (χ0) is 11.5. The molecule has 0 aromatic heterocycles. The Hall–Kier alpha value is -0.900. The highest BCUT2D eigenvalue weighted by Crippen LogP contribution is 2.31. The molecule has 0 radical (unpaired) electrons. The fourth-order valence-electron chi connectivity index (χ4n) is 2.10. The van der Waals surface area contributed by atoms with E-state index >= 15 is 0 Å². The lowest BCUT2D eigenvalue weighted by Gasteiger charge is -2.26. The summed E-state index contributed by atoms with van der Waals surface area (Å²) in [7, 11) is 0. The Balaban J connectivity index is 2.19. The molecule has 0 unspecified atom stereocenters. The predicted octanol–water partition coefficient (Wildman–Crippen LogP) is 1.79. The molecule has 0 aliphatic carbocycles. The van der Waals surface area contributed by atoms with Crippen LogP contribution in [-0.4, -0.2) is 35.3 Å². The van der Waals surface area contributed by atoms with Crippen molar-refractivity contribution in [1.29, 1.82) is 0 Å². The average molecular weight is 221 g/mol. The van der Waals surface area contributed by atoms with Gasteiger partial charge in [-0.15, -0.1) is 0 Å². The third-order valence-electron chi connectivity index (χ3n) is 2.99. The molecule has 3 nitrogen and oxygen atoms in total. The summed E-state index contributed by atoms with van der Waals surface area (Å²) < 4.78 is 5.85. The molecule has 1 aromatic rings. The van der Waals surface area contributed by atoms with Crippen molar-refractivity contribution in [3.63, 3.8) is 0 Å². The van der Waals surface area contributed by atoms with Gasteiger partial charge < -0.3 is 9.84 Å². The highest BCUT2D eigenvalue weighted by atomic mass is 16.5. The molecule has 1 saturated heterocycles. The van der Waals surface area contributed by atoms with E-state index in [1.807, 2.05) is 18.2 Å². The molecule has 16 heavy (non-hydrogen) atoms. The molecule has 1 aliphatic rings. The Bertz CT molecular complexity index is 326. The van der Waals surface area contributed by atoms with Crippen LogP contribution >= 0.6 is 0 Å². The van der Waals surface area contributed by atoms with Gasteiger partial charge in [0.1, 0.15) is 6.23 Å². The van der Waals surface area contributed by atoms with E-state index in [-0.39, 0.29) is 18.9 Å². The van der Waals surface area contributed by atoms with Gasteiger partial charge in [0.15, 0.2) is 0 Å². The number of rotatable bonds is 3. The Kier molecular flexibility index (Phi) is 3.59. The lowest BCUT2D eigenvalue weighted by atomic mass is 10.1. The van der Waals surface area contributed by atoms with Crippen molar-refractivity contribution in [2.45, 2.75) is 32.2 Å². The summed E-state index contributed by atoms with van der Waals surface area (Å²) in [6.07, 6.45) is -0.0778. The van der Waals surface area contributed by atoms with E-state index in [0.717, 1.165) is 12.1 Å². The largest absolute Gasteiger partial charge is 0.394 e. The third-order valence-corrected chi connectivity index (χ3v) is 2.99. The molecule has 0 saturated carbocycles. The summed E-state index contributed by atoms with van der Waals surface area (Å²) in [6.45, 7) is 5.19. The third kappa shape index (κ3) is 2.26. The molecule has 1 aromatic carbocycles. The van der Waals surface area contributed by atoms with Gasteiger partial charge in [0.05, 0.1) is 12.7 Å². The van der Waals surface area contributed by atoms with Crippen LogP contribution < -0.4 is 0 Å². The van der Waals surface area contributed by atoms with Gasteiger partial charge in [-0.1, -0.05) is 30.3 Å². The Morgan fingerprint density at radius 1 is 1.38 bits per heavy atom. The first-order chi connectivity index (χ1) is 7.72. The van der Waals surface area contributed by atoms with Gasteiger partial charge in [0.2, 0.25) is 0 Å². The second kappa shape index (κ2) is 4.95. The molecule has 1 fully saturated rings. The number of ether oxygens (including phenoxy) is 1. The topological polar surface area (TPSA) is 32.7 Å². The maximum absolute atomic E-state index is 9.18. The van der Waals surface area contributed by atoms with Crippen molar-refractivity contribution in [3.05, 3.63) is 35.9 Å². The minimum absolute atomic E-state index is 0.0154. The minimum atomic E-state index is -0.0624. The molecule has 1 heterocycles. The van der Waals surface area contributed by atoms with E-state index in [9.17, 15) is 5.11 Å². The zero-order valence-corrected chi connectivity index (χ0v) is 9.84. The van der Waals surface area contributed by atoms with Crippen molar-refractivity contribution < 1.29 is 9.84 Å². The summed E-state index contributed by atoms with van der Waals surface area (Å²) in [6, 6.07) is 10.6. The Labute approximate surface area is 96.6 Å². The first-order valence-electron chi connectivity index (χ1n) is 5.79. The standard InChI is InChI=1S/C13H19NO2/c1-10(2)14-8-12(9-15)16-13(14)11-6-4-3-5-7-11/h3-7,10,12-13,15H,8-9H2,1-2H3/t12-,13-/m1/s1. The van der Waals surface area contributed by atoms with Crippen LogP contribution in [0.15, 0.2) is 30.3 Å². The van der Waals surface area contributed by atoms with Crippen molar-refractivity contribution in [1.82, 2.24) is 4.90 Å². The van der Waals surface area contributed by atoms with E-state index in [0.29, 0.717) is 6.04 Å². The van der Waals surface area contributed by atoms with E-state index in [1.165, 1.54) is 0 Å². The molecule has 3 heteroatoms. The molecule has 2 atom stereocenters. The van der Waals surface area contributed by atoms with Crippen LogP contribution in [0.1, 0.15) is 25.6 Å². The predicted molar refractivity (Wildman–Crippen MR) is 63.0 cm³/mol. The number of hydrogen-bond donors (Lipinski definition) is 1. The maximum Gasteiger partial charge on any atom is 0.137 e. The highest BCUT2D eigenvalue weighted by Gasteiger charge is 2.34. The first kappa shape index (κ1) is 11.6. The molecule has 1 aliphatic heterocycles. The molecule has 0 bridgehead atoms. The maximum atomic E-state index is 9.18. The highest BCUT2D eigenvalue weighted by molar-refractivity contribution is 5.18. The summed E-state index contributed by atoms with van der Waals surface area (Å²) in [5.41, 5.74) is 1.16. The van der Waals surface area contributed by atoms with E-state index in [2.05, 4.69) is 30.9 Å². The Morgan fingerprint density at radius 3 is 2.62 bits per heavy atom. The van der Waals surface area contributed by atoms with Crippen LogP contribution in [0, 0.1) is 0 Å². The SMILES string of the molecule is CC(C)N1C[C@H](CO)O[C@@H]1c1ccccc1. The van der Waals surface area contributed by atoms with Crippen molar-refractivity contribution in [3.8, 4) is 0 Å². The summed E-state index contributed by atoms with van der Waals surface area (Å²) in [5.74, 6) is 0. The van der Waals surface area contributed by atoms with Gasteiger partial charge in [-0.05, 0) is 19.4 Å². The molecule has 2 rings (SSSR count). The second-order valence-electron chi connectivity index (χ2n) is 4.49. The lowest BCUT2D eigenvalue weighted by molar-refractivity contribution is -0.0266. The monoisotopic (exact) mass is 221 g/mol. The summed E-state index contributed by atoms with van der Waals surface area (Å²) in [4.78, 5) is 2.27. The van der Waals surface area contributed by atoms with Gasteiger partial charge in [-0.3, -0.25) is 4.90 Å². The lowest BCUT2D eigenvalue weighted by Crippen LogP contribution is -2.32. The summed E-state index contributed by atoms with van der Waals surface area (Å²) >= 11 is 0. The van der Waals surface area contributed by atoms with E-state index in [1.54, 1.807) is 0 Å². The fourth-order valence-corrected chi connectivity index (χ4v) is 2.10. The van der Waals surface area contributed by atoms with Gasteiger partial charge in [0, 0.05) is 12.6 Å². The minimum Gasteiger partial charge on any atom is -0.394 e. The van der Waals surface area contributed by atoms with Crippen molar-refractivity contribution in [2.75, 3.05) is 13.2 Å². The molecule has 88 valence electrons. The molecule has 1 N–H and O–H groups in total. The van der Waals surface area contributed by atoms with Crippen molar-refractivity contribution >= 4 is 0 Å². The van der Waals surface area contributed by atoms with Crippen LogP contribution in [0.4, 0.5) is 0 Å². The number of aliphatic hydroxyl groups is 1. The van der Waals surface area contributed by atoms with Gasteiger partial charge in [-0.25, -0.2) is 0 Å². The number of aliphatic hydroxyl groups excluding tert-OH is 1. The molecule has 0 amide bonds. The fraction of sp³-hybridized carbons (Fsp3) is 0.538. The van der Waals surface area contributed by atoms with Crippen LogP contribution in [0.5, 0.6) is 0 Å². The van der Waals surface area contributed by atoms with Gasteiger partial charge >= 0.3 is 0 Å². The van der Waals surface area contributed by atoms with Gasteiger partial charge in [-0.2, -0.15) is 0 Å². The Morgan fingerprint density at radius 2 is 2.06 bits per heavy atom. The summed E-state index contributed by atoms with van der Waals surface area (Å²) in [5, 5.41) is 9.18. The van der Waals surface area contributed by atoms with E-state index in [4.69, 9.17) is 4.74 Å². The van der Waals surface area contributed by atoms with E-state index < -0.39 is 0 Å². The van der Waals surface area contributed by atoms with Crippen molar-refractivity contribution in [2.24, 2.45) is 0 Å².